The Labute approximate surface area is 89.1 Å². The molecule has 3 heteroatoms. The summed E-state index contributed by atoms with van der Waals surface area (Å²) in [5.41, 5.74) is 0.992. The van der Waals surface area contributed by atoms with Gasteiger partial charge in [0.1, 0.15) is 0 Å². The molecule has 0 saturated heterocycles. The number of hydrogen-bond donors (Lipinski definition) is 0. The van der Waals surface area contributed by atoms with Crippen LogP contribution in [0.25, 0.3) is 0 Å². The average Bonchev–Trinajstić information content (AvgIpc) is 2.26. The van der Waals surface area contributed by atoms with Crippen LogP contribution in [0.2, 0.25) is 0 Å². The van der Waals surface area contributed by atoms with E-state index in [0.717, 1.165) is 5.56 Å². The van der Waals surface area contributed by atoms with Crippen LogP contribution in [-0.2, 0) is 9.53 Å². The molecule has 78 valence electrons. The van der Waals surface area contributed by atoms with Gasteiger partial charge >= 0.3 is 5.97 Å². The van der Waals surface area contributed by atoms with Crippen LogP contribution in [0.5, 0.6) is 0 Å². The van der Waals surface area contributed by atoms with Gasteiger partial charge in [-0.2, -0.15) is 0 Å². The maximum Gasteiger partial charge on any atom is 0.332 e. The summed E-state index contributed by atoms with van der Waals surface area (Å²) < 4.78 is 4.69. The van der Waals surface area contributed by atoms with Crippen LogP contribution in [0.15, 0.2) is 47.6 Å². The zero-order valence-corrected chi connectivity index (χ0v) is 8.59. The van der Waals surface area contributed by atoms with Gasteiger partial charge in [-0.3, -0.25) is 4.99 Å². The lowest BCUT2D eigenvalue weighted by Crippen LogP contribution is -1.98. The Morgan fingerprint density at radius 2 is 2.13 bits per heavy atom. The number of benzene rings is 1. The Balaban J connectivity index is 2.43. The fourth-order valence-corrected chi connectivity index (χ4v) is 0.962. The van der Waals surface area contributed by atoms with E-state index < -0.39 is 0 Å². The molecule has 0 fully saturated rings. The van der Waals surface area contributed by atoms with Crippen molar-refractivity contribution in [2.75, 3.05) is 6.61 Å². The molecule has 0 aromatic heterocycles. The third kappa shape index (κ3) is 4.76. The quantitative estimate of drug-likeness (QED) is 0.427. The smallest absolute Gasteiger partial charge is 0.332 e. The minimum Gasteiger partial charge on any atom is -0.463 e. The van der Waals surface area contributed by atoms with Gasteiger partial charge in [-0.1, -0.05) is 30.3 Å². The second-order valence-corrected chi connectivity index (χ2v) is 2.76. The fraction of sp³-hybridized carbons (Fsp3) is 0.167. The Hall–Kier alpha value is -1.90. The van der Waals surface area contributed by atoms with Crippen LogP contribution in [0.4, 0.5) is 0 Å². The summed E-state index contributed by atoms with van der Waals surface area (Å²) in [7, 11) is 0. The summed E-state index contributed by atoms with van der Waals surface area (Å²) in [6.45, 7) is 2.14. The standard InChI is InChI=1S/C12H13NO2/c1-2-15-12(14)8-9-13-10-11-6-4-3-5-7-11/h3-10H,2H2,1H3/b9-8+,13-10?. The molecule has 0 unspecified atom stereocenters. The van der Waals surface area contributed by atoms with Gasteiger partial charge in [-0.05, 0) is 12.5 Å². The van der Waals surface area contributed by atoms with E-state index >= 15 is 0 Å². The summed E-state index contributed by atoms with van der Waals surface area (Å²) >= 11 is 0. The van der Waals surface area contributed by atoms with Gasteiger partial charge in [0, 0.05) is 18.5 Å². The van der Waals surface area contributed by atoms with Crippen LogP contribution in [-0.4, -0.2) is 18.8 Å². The molecule has 0 saturated carbocycles. The lowest BCUT2D eigenvalue weighted by molar-refractivity contribution is -0.137. The van der Waals surface area contributed by atoms with Crippen LogP contribution in [0.1, 0.15) is 12.5 Å². The first-order chi connectivity index (χ1) is 7.33. The predicted molar refractivity (Wildman–Crippen MR) is 59.8 cm³/mol. The molecule has 0 N–H and O–H groups in total. The van der Waals surface area contributed by atoms with Crippen LogP contribution >= 0.6 is 0 Å². The van der Waals surface area contributed by atoms with Crippen molar-refractivity contribution < 1.29 is 9.53 Å². The molecule has 1 aromatic carbocycles. The van der Waals surface area contributed by atoms with E-state index in [1.54, 1.807) is 13.1 Å². The molecule has 15 heavy (non-hydrogen) atoms. The van der Waals surface area contributed by atoms with E-state index in [-0.39, 0.29) is 5.97 Å². The highest BCUT2D eigenvalue weighted by Gasteiger charge is 1.90. The molecule has 0 aliphatic carbocycles. The molecular formula is C12H13NO2. The maximum absolute atomic E-state index is 10.9. The van der Waals surface area contributed by atoms with Gasteiger partial charge in [-0.25, -0.2) is 4.79 Å². The first-order valence-corrected chi connectivity index (χ1v) is 4.74. The van der Waals surface area contributed by atoms with Gasteiger partial charge in [0.25, 0.3) is 0 Å². The number of esters is 1. The van der Waals surface area contributed by atoms with Crippen LogP contribution in [0, 0.1) is 0 Å². The second kappa shape index (κ2) is 6.54. The van der Waals surface area contributed by atoms with Crippen molar-refractivity contribution in [1.82, 2.24) is 0 Å². The largest absolute Gasteiger partial charge is 0.463 e. The Kier molecular flexibility index (Phi) is 4.87. The van der Waals surface area contributed by atoms with Crippen molar-refractivity contribution in [2.24, 2.45) is 4.99 Å². The van der Waals surface area contributed by atoms with Crippen molar-refractivity contribution in [2.45, 2.75) is 6.92 Å². The number of nitrogens with zero attached hydrogens (tertiary/aromatic N) is 1. The second-order valence-electron chi connectivity index (χ2n) is 2.76. The fourth-order valence-electron chi connectivity index (χ4n) is 0.962. The third-order valence-corrected chi connectivity index (χ3v) is 1.61. The summed E-state index contributed by atoms with van der Waals surface area (Å²) in [5.74, 6) is -0.372. The number of hydrogen-bond acceptors (Lipinski definition) is 3. The van der Waals surface area contributed by atoms with Gasteiger partial charge in [-0.15, -0.1) is 0 Å². The molecule has 0 aliphatic heterocycles. The van der Waals surface area contributed by atoms with Crippen molar-refractivity contribution in [3.63, 3.8) is 0 Å². The molecule has 3 nitrogen and oxygen atoms in total. The highest BCUT2D eigenvalue weighted by atomic mass is 16.5. The normalized spacial score (nSPS) is 11.0. The highest BCUT2D eigenvalue weighted by molar-refractivity contribution is 5.83. The van der Waals surface area contributed by atoms with Crippen molar-refractivity contribution in [3.8, 4) is 0 Å². The van der Waals surface area contributed by atoms with Gasteiger partial charge in [0.15, 0.2) is 0 Å². The molecule has 0 atom stereocenters. The molecule has 1 rings (SSSR count). The number of carbonyl (C=O) groups is 1. The first kappa shape index (κ1) is 11.2. The van der Waals surface area contributed by atoms with Crippen molar-refractivity contribution >= 4 is 12.2 Å². The van der Waals surface area contributed by atoms with E-state index in [4.69, 9.17) is 4.74 Å². The zero-order valence-electron chi connectivity index (χ0n) is 8.59. The minimum absolute atomic E-state index is 0.372. The van der Waals surface area contributed by atoms with Crippen LogP contribution < -0.4 is 0 Å². The number of carbonyl (C=O) groups excluding carboxylic acids is 1. The number of rotatable bonds is 4. The minimum atomic E-state index is -0.372. The predicted octanol–water partition coefficient (Wildman–Crippen LogP) is 2.18. The van der Waals surface area contributed by atoms with E-state index in [1.165, 1.54) is 12.3 Å². The summed E-state index contributed by atoms with van der Waals surface area (Å²) in [6.07, 6.45) is 4.39. The Morgan fingerprint density at radius 3 is 2.80 bits per heavy atom. The molecule has 0 radical (unpaired) electrons. The monoisotopic (exact) mass is 203 g/mol. The average molecular weight is 203 g/mol. The molecule has 1 aromatic rings. The summed E-state index contributed by atoms with van der Waals surface area (Å²) in [5, 5.41) is 0. The summed E-state index contributed by atoms with van der Waals surface area (Å²) in [4.78, 5) is 14.8. The van der Waals surface area contributed by atoms with Gasteiger partial charge in [0.2, 0.25) is 0 Å². The zero-order chi connectivity index (χ0) is 10.9. The van der Waals surface area contributed by atoms with Crippen molar-refractivity contribution in [3.05, 3.63) is 48.2 Å². The first-order valence-electron chi connectivity index (χ1n) is 4.74. The van der Waals surface area contributed by atoms with Crippen LogP contribution in [0.3, 0.4) is 0 Å². The molecule has 0 spiro atoms. The summed E-state index contributed by atoms with van der Waals surface area (Å²) in [6, 6.07) is 9.65. The lowest BCUT2D eigenvalue weighted by Gasteiger charge is -1.92. The number of aliphatic imine (C=N–C) groups is 1. The molecular weight excluding hydrogens is 190 g/mol. The number of ether oxygens (including phenoxy) is 1. The third-order valence-electron chi connectivity index (χ3n) is 1.61. The van der Waals surface area contributed by atoms with Gasteiger partial charge in [0.05, 0.1) is 6.61 Å². The topological polar surface area (TPSA) is 38.7 Å². The molecule has 0 aliphatic rings. The lowest BCUT2D eigenvalue weighted by atomic mass is 10.2. The molecule has 0 bridgehead atoms. The highest BCUT2D eigenvalue weighted by Crippen LogP contribution is 1.94. The van der Waals surface area contributed by atoms with E-state index in [2.05, 4.69) is 4.99 Å². The SMILES string of the molecule is CCOC(=O)/C=C/N=Cc1ccccc1. The Bertz CT molecular complexity index is 355. The Morgan fingerprint density at radius 1 is 1.40 bits per heavy atom. The van der Waals surface area contributed by atoms with E-state index in [9.17, 15) is 4.79 Å². The van der Waals surface area contributed by atoms with E-state index in [1.807, 2.05) is 30.3 Å². The van der Waals surface area contributed by atoms with Gasteiger partial charge < -0.3 is 4.74 Å². The van der Waals surface area contributed by atoms with Crippen molar-refractivity contribution in [1.29, 1.82) is 0 Å². The van der Waals surface area contributed by atoms with E-state index in [0.29, 0.717) is 6.61 Å². The molecule has 0 heterocycles. The maximum atomic E-state index is 10.9. The molecule has 0 amide bonds.